The molecular formula is C6H3F3NNaO2S. The summed E-state index contributed by atoms with van der Waals surface area (Å²) in [5.41, 5.74) is -1.25. The second kappa shape index (κ2) is 5.22. The first-order chi connectivity index (χ1) is 5.93. The zero-order valence-electron chi connectivity index (χ0n) is 7.04. The summed E-state index contributed by atoms with van der Waals surface area (Å²) in [6.45, 7) is 0. The van der Waals surface area contributed by atoms with E-state index in [1.165, 1.54) is 0 Å². The van der Waals surface area contributed by atoms with Gasteiger partial charge in [-0.1, -0.05) is 0 Å². The summed E-state index contributed by atoms with van der Waals surface area (Å²) in [6.07, 6.45) is -3.70. The maximum atomic E-state index is 12.1. The Balaban J connectivity index is 0.00000169. The van der Waals surface area contributed by atoms with Crippen molar-refractivity contribution in [3.8, 4) is 0 Å². The SMILES string of the molecule is O=S([O-])c1ncccc1C(F)(F)F.[Na+]. The Labute approximate surface area is 102 Å². The van der Waals surface area contributed by atoms with Crippen molar-refractivity contribution >= 4 is 11.1 Å². The molecule has 1 atom stereocenters. The van der Waals surface area contributed by atoms with E-state index in [0.717, 1.165) is 12.3 Å². The number of aromatic nitrogens is 1. The van der Waals surface area contributed by atoms with E-state index in [9.17, 15) is 21.9 Å². The van der Waals surface area contributed by atoms with Gasteiger partial charge in [-0.2, -0.15) is 13.2 Å². The predicted molar refractivity (Wildman–Crippen MR) is 36.4 cm³/mol. The summed E-state index contributed by atoms with van der Waals surface area (Å²) < 4.78 is 56.9. The molecule has 1 heterocycles. The molecular weight excluding hydrogens is 230 g/mol. The smallest absolute Gasteiger partial charge is 0.767 e. The molecule has 72 valence electrons. The van der Waals surface area contributed by atoms with Gasteiger partial charge in [0.1, 0.15) is 5.03 Å². The quantitative estimate of drug-likeness (QED) is 0.431. The average Bonchev–Trinajstić information content (AvgIpc) is 2.03. The second-order valence-corrected chi connectivity index (χ2v) is 2.94. The van der Waals surface area contributed by atoms with Gasteiger partial charge in [0.25, 0.3) is 0 Å². The molecule has 0 saturated heterocycles. The molecule has 0 spiro atoms. The summed E-state index contributed by atoms with van der Waals surface area (Å²) in [4.78, 5) is 3.11. The Morgan fingerprint density at radius 3 is 2.36 bits per heavy atom. The van der Waals surface area contributed by atoms with E-state index in [2.05, 4.69) is 4.98 Å². The van der Waals surface area contributed by atoms with Gasteiger partial charge in [-0.15, -0.1) is 0 Å². The largest absolute Gasteiger partial charge is 1.00 e. The van der Waals surface area contributed by atoms with Crippen LogP contribution in [0.3, 0.4) is 0 Å². The molecule has 0 saturated carbocycles. The minimum absolute atomic E-state index is 0. The van der Waals surface area contributed by atoms with Crippen LogP contribution in [0.4, 0.5) is 13.2 Å². The van der Waals surface area contributed by atoms with E-state index < -0.39 is 27.8 Å². The Hall–Kier alpha value is 0.0500. The van der Waals surface area contributed by atoms with E-state index in [1.807, 2.05) is 0 Å². The molecule has 1 unspecified atom stereocenters. The van der Waals surface area contributed by atoms with Gasteiger partial charge in [0.15, 0.2) is 0 Å². The second-order valence-electron chi connectivity index (χ2n) is 2.09. The molecule has 0 aliphatic heterocycles. The predicted octanol–water partition coefficient (Wildman–Crippen LogP) is -1.66. The zero-order valence-corrected chi connectivity index (χ0v) is 9.85. The van der Waals surface area contributed by atoms with Crippen LogP contribution in [0.5, 0.6) is 0 Å². The maximum Gasteiger partial charge on any atom is 1.00 e. The molecule has 1 aromatic heterocycles. The Kier molecular flexibility index (Phi) is 5.24. The fourth-order valence-corrected chi connectivity index (χ4v) is 1.25. The van der Waals surface area contributed by atoms with Crippen LogP contribution in [0.2, 0.25) is 0 Å². The van der Waals surface area contributed by atoms with Gasteiger partial charge < -0.3 is 4.55 Å². The fourth-order valence-electron chi connectivity index (χ4n) is 0.739. The molecule has 0 radical (unpaired) electrons. The van der Waals surface area contributed by atoms with Crippen molar-refractivity contribution in [2.24, 2.45) is 0 Å². The average molecular weight is 233 g/mol. The van der Waals surface area contributed by atoms with Crippen molar-refractivity contribution in [2.45, 2.75) is 11.2 Å². The normalized spacial score (nSPS) is 13.1. The summed E-state index contributed by atoms with van der Waals surface area (Å²) in [6, 6.07) is 1.69. The van der Waals surface area contributed by atoms with E-state index in [-0.39, 0.29) is 29.6 Å². The minimum atomic E-state index is -4.69. The number of hydrogen-bond donors (Lipinski definition) is 0. The maximum absolute atomic E-state index is 12.1. The monoisotopic (exact) mass is 233 g/mol. The molecule has 8 heteroatoms. The Morgan fingerprint density at radius 2 is 2.00 bits per heavy atom. The van der Waals surface area contributed by atoms with Crippen molar-refractivity contribution in [1.82, 2.24) is 4.98 Å². The van der Waals surface area contributed by atoms with Gasteiger partial charge in [-0.25, -0.2) is 4.98 Å². The van der Waals surface area contributed by atoms with E-state index in [4.69, 9.17) is 0 Å². The van der Waals surface area contributed by atoms with Gasteiger partial charge in [-0.3, -0.25) is 4.21 Å². The summed E-state index contributed by atoms with van der Waals surface area (Å²) in [5.74, 6) is 0. The molecule has 0 bridgehead atoms. The molecule has 1 aromatic rings. The van der Waals surface area contributed by atoms with Crippen molar-refractivity contribution in [2.75, 3.05) is 0 Å². The topological polar surface area (TPSA) is 53.0 Å². The van der Waals surface area contributed by atoms with Crippen molar-refractivity contribution < 1.29 is 51.5 Å². The summed E-state index contributed by atoms with van der Waals surface area (Å²) >= 11 is -2.97. The van der Waals surface area contributed by atoms with Crippen LogP contribution in [0.15, 0.2) is 23.4 Å². The Morgan fingerprint density at radius 1 is 1.43 bits per heavy atom. The number of pyridine rings is 1. The van der Waals surface area contributed by atoms with Gasteiger partial charge in [0.2, 0.25) is 0 Å². The van der Waals surface area contributed by atoms with Crippen molar-refractivity contribution in [3.63, 3.8) is 0 Å². The summed E-state index contributed by atoms with van der Waals surface area (Å²) in [5, 5.41) is -0.977. The molecule has 0 amide bonds. The van der Waals surface area contributed by atoms with E-state index in [0.29, 0.717) is 6.07 Å². The third-order valence-corrected chi connectivity index (χ3v) is 1.88. The summed E-state index contributed by atoms with van der Waals surface area (Å²) in [7, 11) is 0. The van der Waals surface area contributed by atoms with Crippen LogP contribution in [-0.2, 0) is 17.3 Å². The van der Waals surface area contributed by atoms with Crippen molar-refractivity contribution in [3.05, 3.63) is 23.9 Å². The number of nitrogens with zero attached hydrogens (tertiary/aromatic N) is 1. The molecule has 1 rings (SSSR count). The van der Waals surface area contributed by atoms with Gasteiger partial charge in [0, 0.05) is 6.20 Å². The fraction of sp³-hybridized carbons (Fsp3) is 0.167. The molecule has 3 nitrogen and oxygen atoms in total. The number of hydrogen-bond acceptors (Lipinski definition) is 3. The Bertz CT molecular complexity index is 344. The third kappa shape index (κ3) is 3.32. The molecule has 0 N–H and O–H groups in total. The number of halogens is 3. The minimum Gasteiger partial charge on any atom is -0.767 e. The number of rotatable bonds is 1. The van der Waals surface area contributed by atoms with Gasteiger partial charge in [0.05, 0.1) is 5.56 Å². The zero-order chi connectivity index (χ0) is 10.1. The van der Waals surface area contributed by atoms with Gasteiger partial charge in [-0.05, 0) is 23.2 Å². The molecule has 0 fully saturated rings. The molecule has 14 heavy (non-hydrogen) atoms. The van der Waals surface area contributed by atoms with Crippen LogP contribution in [0, 0.1) is 0 Å². The van der Waals surface area contributed by atoms with E-state index >= 15 is 0 Å². The van der Waals surface area contributed by atoms with Crippen LogP contribution >= 0.6 is 0 Å². The van der Waals surface area contributed by atoms with Crippen LogP contribution in [0.1, 0.15) is 5.56 Å². The van der Waals surface area contributed by atoms with Crippen LogP contribution < -0.4 is 29.6 Å². The molecule has 0 aliphatic rings. The standard InChI is InChI=1S/C6H4F3NO2S.Na/c7-6(8,9)4-2-1-3-10-5(4)13(11)12;/h1-3H,(H,11,12);/q;+1/p-1. The first-order valence-corrected chi connectivity index (χ1v) is 4.12. The first kappa shape index (κ1) is 14.1. The number of alkyl halides is 3. The van der Waals surface area contributed by atoms with Gasteiger partial charge >= 0.3 is 35.7 Å². The molecule has 0 aromatic carbocycles. The third-order valence-electron chi connectivity index (χ3n) is 1.23. The van der Waals surface area contributed by atoms with Crippen LogP contribution in [-0.4, -0.2) is 13.7 Å². The van der Waals surface area contributed by atoms with Crippen LogP contribution in [0.25, 0.3) is 0 Å². The first-order valence-electron chi connectivity index (χ1n) is 3.04. The molecule has 0 aliphatic carbocycles. The van der Waals surface area contributed by atoms with E-state index in [1.54, 1.807) is 0 Å². The van der Waals surface area contributed by atoms with Crippen molar-refractivity contribution in [1.29, 1.82) is 0 Å².